The maximum Gasteiger partial charge on any atom is 0.283 e. The first-order valence-corrected chi connectivity index (χ1v) is 12.4. The van der Waals surface area contributed by atoms with Crippen LogP contribution in [0.4, 0.5) is 5.69 Å². The molecule has 0 saturated carbocycles. The summed E-state index contributed by atoms with van der Waals surface area (Å²) in [5, 5.41) is 25.0. The van der Waals surface area contributed by atoms with Gasteiger partial charge in [0.15, 0.2) is 6.61 Å². The highest BCUT2D eigenvalue weighted by Gasteiger charge is 2.19. The Morgan fingerprint density at radius 3 is 2.68 bits per heavy atom. The van der Waals surface area contributed by atoms with E-state index >= 15 is 0 Å². The number of nitro benzene ring substituents is 1. The van der Waals surface area contributed by atoms with Crippen LogP contribution in [-0.2, 0) is 16.1 Å². The van der Waals surface area contributed by atoms with Crippen LogP contribution in [0.2, 0.25) is 0 Å². The van der Waals surface area contributed by atoms with Gasteiger partial charge in [-0.05, 0) is 48.0 Å². The van der Waals surface area contributed by atoms with Crippen molar-refractivity contribution in [3.63, 3.8) is 0 Å². The summed E-state index contributed by atoms with van der Waals surface area (Å²) < 4.78 is 11.2. The SMILES string of the molecule is COCc1c(Br)c(C)nc(OCC(=O)N/N=C\c2ccc(Sc3ccc(C)cc3)c([N+](=O)[O-])c2)c1C#N. The number of carbonyl (C=O) groups is 1. The van der Waals surface area contributed by atoms with Crippen molar-refractivity contribution < 1.29 is 19.2 Å². The van der Waals surface area contributed by atoms with E-state index in [-0.39, 0.29) is 23.7 Å². The number of nitrogens with one attached hydrogen (secondary N) is 1. The Hall–Kier alpha value is -3.79. The molecular weight excluding hydrogens is 562 g/mol. The van der Waals surface area contributed by atoms with E-state index in [2.05, 4.69) is 31.4 Å². The predicted octanol–water partition coefficient (Wildman–Crippen LogP) is 5.07. The second kappa shape index (κ2) is 13.0. The zero-order chi connectivity index (χ0) is 26.9. The molecule has 0 saturated heterocycles. The fourth-order valence-electron chi connectivity index (χ4n) is 3.14. The van der Waals surface area contributed by atoms with Gasteiger partial charge in [-0.15, -0.1) is 0 Å². The fourth-order valence-corrected chi connectivity index (χ4v) is 4.44. The lowest BCUT2D eigenvalue weighted by Gasteiger charge is -2.13. The molecule has 37 heavy (non-hydrogen) atoms. The third-order valence-electron chi connectivity index (χ3n) is 4.94. The van der Waals surface area contributed by atoms with Gasteiger partial charge in [0, 0.05) is 33.7 Å². The number of benzene rings is 2. The molecular formula is C25H22BrN5O5S. The van der Waals surface area contributed by atoms with Crippen LogP contribution in [0.1, 0.15) is 27.9 Å². The van der Waals surface area contributed by atoms with Crippen LogP contribution in [-0.4, -0.2) is 35.7 Å². The van der Waals surface area contributed by atoms with Crippen molar-refractivity contribution in [2.75, 3.05) is 13.7 Å². The third kappa shape index (κ3) is 7.36. The topological polar surface area (TPSA) is 140 Å². The minimum absolute atomic E-state index is 0.00618. The van der Waals surface area contributed by atoms with Crippen molar-refractivity contribution in [1.82, 2.24) is 10.4 Å². The number of pyridine rings is 1. The first-order chi connectivity index (χ1) is 17.7. The zero-order valence-corrected chi connectivity index (χ0v) is 22.6. The molecule has 0 bridgehead atoms. The molecule has 1 amide bonds. The minimum atomic E-state index is -0.600. The third-order valence-corrected chi connectivity index (χ3v) is 7.06. The predicted molar refractivity (Wildman–Crippen MR) is 142 cm³/mol. The van der Waals surface area contributed by atoms with Crippen LogP contribution < -0.4 is 10.2 Å². The average molecular weight is 584 g/mol. The Bertz CT molecular complexity index is 1390. The van der Waals surface area contributed by atoms with Crippen LogP contribution >= 0.6 is 27.7 Å². The summed E-state index contributed by atoms with van der Waals surface area (Å²) in [4.78, 5) is 29.0. The number of nitriles is 1. The average Bonchev–Trinajstić information content (AvgIpc) is 2.87. The summed E-state index contributed by atoms with van der Waals surface area (Å²) in [6, 6.07) is 14.4. The largest absolute Gasteiger partial charge is 0.467 e. The standard InChI is InChI=1S/C25H22BrN5O5S/c1-15-4-7-18(8-5-15)37-22-9-6-17(10-21(22)31(33)34)12-28-30-23(32)14-36-25-19(11-27)20(13-35-3)24(26)16(2)29-25/h4-10,12H,13-14H2,1-3H3,(H,30,32)/b28-12-. The maximum absolute atomic E-state index is 12.2. The molecule has 0 aliphatic heterocycles. The van der Waals surface area contributed by atoms with Crippen LogP contribution in [0.5, 0.6) is 5.88 Å². The molecule has 1 aromatic heterocycles. The van der Waals surface area contributed by atoms with Gasteiger partial charge in [0.05, 0.1) is 28.3 Å². The lowest BCUT2D eigenvalue weighted by atomic mass is 10.1. The van der Waals surface area contributed by atoms with E-state index in [0.717, 1.165) is 10.5 Å². The van der Waals surface area contributed by atoms with Crippen LogP contribution in [0.15, 0.2) is 61.8 Å². The molecule has 3 aromatic rings. The van der Waals surface area contributed by atoms with Crippen LogP contribution in [0, 0.1) is 35.3 Å². The molecule has 0 radical (unpaired) electrons. The lowest BCUT2D eigenvalue weighted by Crippen LogP contribution is -2.25. The van der Waals surface area contributed by atoms with Crippen molar-refractivity contribution in [1.29, 1.82) is 5.26 Å². The number of aromatic nitrogens is 1. The summed E-state index contributed by atoms with van der Waals surface area (Å²) in [5.74, 6) is -0.594. The smallest absolute Gasteiger partial charge is 0.283 e. The molecule has 0 aliphatic carbocycles. The van der Waals surface area contributed by atoms with Crippen molar-refractivity contribution >= 4 is 45.5 Å². The Morgan fingerprint density at radius 2 is 2.03 bits per heavy atom. The summed E-state index contributed by atoms with van der Waals surface area (Å²) in [6.45, 7) is 3.41. The van der Waals surface area contributed by atoms with Gasteiger partial charge in [-0.1, -0.05) is 35.5 Å². The molecule has 0 atom stereocenters. The normalized spacial score (nSPS) is 10.8. The number of hydrazone groups is 1. The number of rotatable bonds is 10. The number of nitrogens with zero attached hydrogens (tertiary/aromatic N) is 4. The van der Waals surface area contributed by atoms with Crippen LogP contribution in [0.25, 0.3) is 0 Å². The summed E-state index contributed by atoms with van der Waals surface area (Å²) >= 11 is 4.68. The number of carbonyl (C=O) groups excluding carboxylic acids is 1. The quantitative estimate of drug-likeness (QED) is 0.198. The number of hydrogen-bond donors (Lipinski definition) is 1. The number of hydrogen-bond acceptors (Lipinski definition) is 9. The highest BCUT2D eigenvalue weighted by molar-refractivity contribution is 9.10. The monoisotopic (exact) mass is 583 g/mol. The number of ether oxygens (including phenoxy) is 2. The summed E-state index contributed by atoms with van der Waals surface area (Å²) in [5.41, 5.74) is 5.06. The van der Waals surface area contributed by atoms with E-state index in [1.807, 2.05) is 37.3 Å². The van der Waals surface area contributed by atoms with E-state index in [1.54, 1.807) is 19.1 Å². The second-order valence-electron chi connectivity index (χ2n) is 7.70. The number of aryl methyl sites for hydroxylation is 2. The van der Waals surface area contributed by atoms with Crippen molar-refractivity contribution in [3.05, 3.63) is 85.0 Å². The molecule has 10 nitrogen and oxygen atoms in total. The van der Waals surface area contributed by atoms with Gasteiger partial charge in [0.1, 0.15) is 11.6 Å². The molecule has 12 heteroatoms. The van der Waals surface area contributed by atoms with E-state index < -0.39 is 17.4 Å². The Morgan fingerprint density at radius 1 is 1.30 bits per heavy atom. The molecule has 0 fully saturated rings. The minimum Gasteiger partial charge on any atom is -0.467 e. The molecule has 0 spiro atoms. The van der Waals surface area contributed by atoms with Gasteiger partial charge in [-0.3, -0.25) is 14.9 Å². The van der Waals surface area contributed by atoms with Crippen LogP contribution in [0.3, 0.4) is 0 Å². The molecule has 1 N–H and O–H groups in total. The molecule has 190 valence electrons. The lowest BCUT2D eigenvalue weighted by molar-refractivity contribution is -0.387. The van der Waals surface area contributed by atoms with Gasteiger partial charge in [0.2, 0.25) is 5.88 Å². The highest BCUT2D eigenvalue weighted by atomic mass is 79.9. The Labute approximate surface area is 226 Å². The summed E-state index contributed by atoms with van der Waals surface area (Å²) in [7, 11) is 1.50. The first kappa shape index (κ1) is 27.8. The van der Waals surface area contributed by atoms with E-state index in [1.165, 1.54) is 31.2 Å². The van der Waals surface area contributed by atoms with Crippen molar-refractivity contribution in [3.8, 4) is 11.9 Å². The Balaban J connectivity index is 1.65. The van der Waals surface area contributed by atoms with Gasteiger partial charge in [0.25, 0.3) is 11.6 Å². The van der Waals surface area contributed by atoms with Crippen molar-refractivity contribution in [2.45, 2.75) is 30.2 Å². The molecule has 0 unspecified atom stereocenters. The fraction of sp³-hybridized carbons (Fsp3) is 0.200. The highest BCUT2D eigenvalue weighted by Crippen LogP contribution is 2.35. The maximum atomic E-state index is 12.2. The summed E-state index contributed by atoms with van der Waals surface area (Å²) in [6.07, 6.45) is 1.30. The molecule has 1 heterocycles. The van der Waals surface area contributed by atoms with Gasteiger partial charge < -0.3 is 9.47 Å². The molecule has 3 rings (SSSR count). The Kier molecular flexibility index (Phi) is 9.73. The number of amides is 1. The zero-order valence-electron chi connectivity index (χ0n) is 20.1. The van der Waals surface area contributed by atoms with Crippen molar-refractivity contribution in [2.24, 2.45) is 5.10 Å². The van der Waals surface area contributed by atoms with Gasteiger partial charge >= 0.3 is 0 Å². The molecule has 2 aromatic carbocycles. The van der Waals surface area contributed by atoms with E-state index in [4.69, 9.17) is 9.47 Å². The first-order valence-electron chi connectivity index (χ1n) is 10.8. The van der Waals surface area contributed by atoms with Gasteiger partial charge in [-0.25, -0.2) is 10.4 Å². The number of halogens is 1. The molecule has 0 aliphatic rings. The number of nitro groups is 1. The van der Waals surface area contributed by atoms with Gasteiger partial charge in [-0.2, -0.15) is 10.4 Å². The van der Waals surface area contributed by atoms with E-state index in [9.17, 15) is 20.2 Å². The second-order valence-corrected chi connectivity index (χ2v) is 9.60. The van der Waals surface area contributed by atoms with E-state index in [0.29, 0.717) is 26.2 Å². The number of methoxy groups -OCH3 is 1.